The number of benzene rings is 1. The van der Waals surface area contributed by atoms with E-state index in [4.69, 9.17) is 0 Å². The number of nitrogens with one attached hydrogen (secondary N) is 2. The van der Waals surface area contributed by atoms with Gasteiger partial charge >= 0.3 is 0 Å². The van der Waals surface area contributed by atoms with E-state index < -0.39 is 0 Å². The molecule has 1 aliphatic rings. The summed E-state index contributed by atoms with van der Waals surface area (Å²) in [6.07, 6.45) is 1.13. The van der Waals surface area contributed by atoms with E-state index in [1.54, 1.807) is 23.5 Å². The van der Waals surface area contributed by atoms with E-state index in [1.807, 2.05) is 23.6 Å². The molecule has 0 saturated heterocycles. The third-order valence-corrected chi connectivity index (χ3v) is 5.60. The second-order valence-corrected chi connectivity index (χ2v) is 7.47. The van der Waals surface area contributed by atoms with Crippen molar-refractivity contribution in [2.24, 2.45) is 0 Å². The molecule has 3 aromatic rings. The van der Waals surface area contributed by atoms with Crippen molar-refractivity contribution in [3.63, 3.8) is 0 Å². The molecular weight excluding hydrogens is 356 g/mol. The van der Waals surface area contributed by atoms with E-state index in [1.165, 1.54) is 11.8 Å². The number of ketones is 1. The second-order valence-electron chi connectivity index (χ2n) is 5.58. The molecule has 0 fully saturated rings. The number of anilines is 1. The molecule has 0 aliphatic carbocycles. The van der Waals surface area contributed by atoms with Crippen molar-refractivity contribution in [1.82, 2.24) is 15.2 Å². The van der Waals surface area contributed by atoms with Gasteiger partial charge in [-0.2, -0.15) is 0 Å². The highest BCUT2D eigenvalue weighted by atomic mass is 32.2. The van der Waals surface area contributed by atoms with Crippen molar-refractivity contribution in [3.8, 4) is 10.7 Å². The number of thiophene rings is 1. The number of Topliss-reactive ketones (excluding diaryl/α,β-unsaturated/α-hetero) is 1. The summed E-state index contributed by atoms with van der Waals surface area (Å²) in [6, 6.07) is 9.34. The maximum Gasteiger partial charge on any atom is 0.224 e. The summed E-state index contributed by atoms with van der Waals surface area (Å²) < 4.78 is 0. The monoisotopic (exact) mass is 370 g/mol. The highest BCUT2D eigenvalue weighted by Crippen LogP contribution is 2.26. The van der Waals surface area contributed by atoms with E-state index in [0.717, 1.165) is 22.0 Å². The number of amides is 1. The van der Waals surface area contributed by atoms with Crippen LogP contribution in [0, 0.1) is 0 Å². The number of hydrogen-bond donors (Lipinski definition) is 2. The Bertz CT molecular complexity index is 934. The van der Waals surface area contributed by atoms with Crippen LogP contribution in [0.25, 0.3) is 10.7 Å². The molecule has 0 radical (unpaired) electrons. The van der Waals surface area contributed by atoms with Gasteiger partial charge < -0.3 is 5.32 Å². The Morgan fingerprint density at radius 1 is 1.28 bits per heavy atom. The molecule has 1 aromatic carbocycles. The molecule has 126 valence electrons. The lowest BCUT2D eigenvalue weighted by Crippen LogP contribution is -2.19. The maximum atomic E-state index is 12.4. The topological polar surface area (TPSA) is 87.7 Å². The van der Waals surface area contributed by atoms with Crippen LogP contribution in [-0.2, 0) is 11.2 Å². The highest BCUT2D eigenvalue weighted by Gasteiger charge is 2.17. The number of H-pyrrole nitrogens is 1. The average Bonchev–Trinajstić information content (AvgIpc) is 3.30. The molecule has 2 aromatic heterocycles. The lowest BCUT2D eigenvalue weighted by Gasteiger charge is -2.17. The quantitative estimate of drug-likeness (QED) is 0.531. The predicted molar refractivity (Wildman–Crippen MR) is 98.1 cm³/mol. The number of rotatable bonds is 5. The van der Waals surface area contributed by atoms with Crippen molar-refractivity contribution in [2.75, 3.05) is 11.1 Å². The zero-order valence-corrected chi connectivity index (χ0v) is 14.7. The lowest BCUT2D eigenvalue weighted by atomic mass is 9.99. The number of fused-ring (bicyclic) bond motifs is 1. The van der Waals surface area contributed by atoms with E-state index in [9.17, 15) is 9.59 Å². The Balaban J connectivity index is 1.42. The average molecular weight is 370 g/mol. The smallest absolute Gasteiger partial charge is 0.224 e. The van der Waals surface area contributed by atoms with Gasteiger partial charge in [-0.15, -0.1) is 16.4 Å². The number of thioether (sulfide) groups is 1. The van der Waals surface area contributed by atoms with Crippen LogP contribution >= 0.6 is 23.1 Å². The summed E-state index contributed by atoms with van der Waals surface area (Å²) in [5, 5.41) is 12.4. The minimum absolute atomic E-state index is 0.0205. The molecule has 1 aliphatic heterocycles. The molecule has 25 heavy (non-hydrogen) atoms. The van der Waals surface area contributed by atoms with Crippen LogP contribution in [0.15, 0.2) is 40.9 Å². The summed E-state index contributed by atoms with van der Waals surface area (Å²) >= 11 is 2.90. The van der Waals surface area contributed by atoms with E-state index in [0.29, 0.717) is 23.6 Å². The Hall–Kier alpha value is -2.45. The van der Waals surface area contributed by atoms with Gasteiger partial charge in [0.05, 0.1) is 10.6 Å². The zero-order chi connectivity index (χ0) is 17.2. The van der Waals surface area contributed by atoms with Gasteiger partial charge in [-0.05, 0) is 41.6 Å². The fourth-order valence-corrected chi connectivity index (χ4v) is 3.96. The van der Waals surface area contributed by atoms with Gasteiger partial charge in [0, 0.05) is 17.7 Å². The van der Waals surface area contributed by atoms with Crippen LogP contribution in [0.1, 0.15) is 22.3 Å². The summed E-state index contributed by atoms with van der Waals surface area (Å²) in [5.41, 5.74) is 2.46. The SMILES string of the molecule is O=C1CCc2cc(C(=O)CSc3n[nH]c(-c4cccs4)n3)ccc2N1. The van der Waals surface area contributed by atoms with Crippen molar-refractivity contribution >= 4 is 40.5 Å². The zero-order valence-electron chi connectivity index (χ0n) is 13.1. The summed E-state index contributed by atoms with van der Waals surface area (Å²) in [4.78, 5) is 29.2. The van der Waals surface area contributed by atoms with Gasteiger partial charge in [-0.1, -0.05) is 17.8 Å². The van der Waals surface area contributed by atoms with Crippen molar-refractivity contribution < 1.29 is 9.59 Å². The molecule has 3 heterocycles. The Labute approximate surface area is 152 Å². The van der Waals surface area contributed by atoms with Crippen molar-refractivity contribution in [2.45, 2.75) is 18.0 Å². The number of aromatic amines is 1. The number of aromatic nitrogens is 3. The summed E-state index contributed by atoms with van der Waals surface area (Å²) in [7, 11) is 0. The fourth-order valence-electron chi connectivity index (χ4n) is 2.60. The maximum absolute atomic E-state index is 12.4. The lowest BCUT2D eigenvalue weighted by molar-refractivity contribution is -0.116. The van der Waals surface area contributed by atoms with Crippen LogP contribution in [0.2, 0.25) is 0 Å². The highest BCUT2D eigenvalue weighted by molar-refractivity contribution is 7.99. The molecule has 1 amide bonds. The van der Waals surface area contributed by atoms with Gasteiger partial charge in [0.1, 0.15) is 0 Å². The molecule has 2 N–H and O–H groups in total. The second kappa shape index (κ2) is 6.81. The summed E-state index contributed by atoms with van der Waals surface area (Å²) in [6.45, 7) is 0. The normalized spacial score (nSPS) is 13.4. The van der Waals surface area contributed by atoms with Crippen LogP contribution in [0.4, 0.5) is 5.69 Å². The minimum Gasteiger partial charge on any atom is -0.326 e. The van der Waals surface area contributed by atoms with E-state index >= 15 is 0 Å². The minimum atomic E-state index is 0.0205. The van der Waals surface area contributed by atoms with Crippen LogP contribution in [0.3, 0.4) is 0 Å². The van der Waals surface area contributed by atoms with Crippen molar-refractivity contribution in [3.05, 3.63) is 46.8 Å². The number of hydrogen-bond acceptors (Lipinski definition) is 6. The standard InChI is InChI=1S/C17H14N4O2S2/c22-13(11-3-5-12-10(8-11)4-6-15(23)18-12)9-25-17-19-16(20-21-17)14-2-1-7-24-14/h1-3,5,7-8H,4,6,9H2,(H,18,23)(H,19,20,21). The molecule has 0 spiro atoms. The Morgan fingerprint density at radius 2 is 2.20 bits per heavy atom. The first-order valence-corrected chi connectivity index (χ1v) is 9.60. The number of aryl methyl sites for hydroxylation is 1. The third-order valence-electron chi connectivity index (χ3n) is 3.87. The van der Waals surface area contributed by atoms with Gasteiger partial charge in [-0.25, -0.2) is 4.98 Å². The predicted octanol–water partition coefficient (Wildman–Crippen LogP) is 3.39. The van der Waals surface area contributed by atoms with Crippen molar-refractivity contribution in [1.29, 1.82) is 0 Å². The molecule has 0 atom stereocenters. The van der Waals surface area contributed by atoms with Gasteiger partial charge in [-0.3, -0.25) is 14.7 Å². The van der Waals surface area contributed by atoms with E-state index in [2.05, 4.69) is 20.5 Å². The summed E-state index contributed by atoms with van der Waals surface area (Å²) in [5.74, 6) is 1.03. The fraction of sp³-hybridized carbons (Fsp3) is 0.176. The number of carbonyl (C=O) groups excluding carboxylic acids is 2. The molecule has 4 rings (SSSR count). The van der Waals surface area contributed by atoms with Crippen LogP contribution in [-0.4, -0.2) is 32.6 Å². The molecule has 0 bridgehead atoms. The van der Waals surface area contributed by atoms with Gasteiger partial charge in [0.2, 0.25) is 11.1 Å². The molecule has 0 unspecified atom stereocenters. The largest absolute Gasteiger partial charge is 0.326 e. The Morgan fingerprint density at radius 3 is 3.04 bits per heavy atom. The molecule has 6 nitrogen and oxygen atoms in total. The van der Waals surface area contributed by atoms with Crippen LogP contribution < -0.4 is 5.32 Å². The first-order chi connectivity index (χ1) is 12.2. The van der Waals surface area contributed by atoms with E-state index in [-0.39, 0.29) is 17.4 Å². The Kier molecular flexibility index (Phi) is 4.37. The number of nitrogens with zero attached hydrogens (tertiary/aromatic N) is 2. The molecule has 8 heteroatoms. The third kappa shape index (κ3) is 3.49. The van der Waals surface area contributed by atoms with Gasteiger partial charge in [0.25, 0.3) is 0 Å². The van der Waals surface area contributed by atoms with Gasteiger partial charge in [0.15, 0.2) is 11.6 Å². The molecular formula is C17H14N4O2S2. The first-order valence-electron chi connectivity index (χ1n) is 7.74. The van der Waals surface area contributed by atoms with Crippen LogP contribution in [0.5, 0.6) is 0 Å². The first kappa shape index (κ1) is 16.0. The molecule has 0 saturated carbocycles. The number of carbonyl (C=O) groups is 2.